The van der Waals surface area contributed by atoms with Gasteiger partial charge in [-0.1, -0.05) is 19.1 Å². The molecule has 0 spiro atoms. The lowest BCUT2D eigenvalue weighted by Crippen LogP contribution is -2.38. The number of esters is 1. The third-order valence-electron chi connectivity index (χ3n) is 4.55. The van der Waals surface area contributed by atoms with Crippen LogP contribution in [0.25, 0.3) is 10.9 Å². The van der Waals surface area contributed by atoms with Crippen molar-refractivity contribution < 1.29 is 24.3 Å². The fraction of sp³-hybridized carbons (Fsp3) is 0.421. The van der Waals surface area contributed by atoms with Crippen LogP contribution in [-0.4, -0.2) is 42.0 Å². The van der Waals surface area contributed by atoms with Crippen molar-refractivity contribution >= 4 is 22.8 Å². The predicted molar refractivity (Wildman–Crippen MR) is 97.6 cm³/mol. The highest BCUT2D eigenvalue weighted by molar-refractivity contribution is 6.02. The van der Waals surface area contributed by atoms with Crippen LogP contribution in [0, 0.1) is 11.8 Å². The number of para-hydroxylation sites is 1. The van der Waals surface area contributed by atoms with Gasteiger partial charge in [-0.05, 0) is 30.9 Å². The number of nitrogens with one attached hydrogen (secondary N) is 1. The molecule has 27 heavy (non-hydrogen) atoms. The van der Waals surface area contributed by atoms with Crippen LogP contribution in [0.2, 0.25) is 0 Å². The Hall–Kier alpha value is -3.03. The van der Waals surface area contributed by atoms with E-state index in [1.807, 2.05) is 0 Å². The van der Waals surface area contributed by atoms with Gasteiger partial charge in [-0.2, -0.15) is 0 Å². The molecular weight excluding hydrogens is 352 g/mol. The quantitative estimate of drug-likeness (QED) is 0.703. The molecular formula is C19H22N2O6. The lowest BCUT2D eigenvalue weighted by atomic mass is 10.1. The molecule has 3 rings (SSSR count). The van der Waals surface area contributed by atoms with Crippen LogP contribution in [0.5, 0.6) is 5.75 Å². The zero-order valence-electron chi connectivity index (χ0n) is 15.2. The summed E-state index contributed by atoms with van der Waals surface area (Å²) in [5, 5.41) is 13.3. The van der Waals surface area contributed by atoms with E-state index in [4.69, 9.17) is 4.84 Å². The summed E-state index contributed by atoms with van der Waals surface area (Å²) in [6.07, 6.45) is 2.09. The Kier molecular flexibility index (Phi) is 5.34. The highest BCUT2D eigenvalue weighted by atomic mass is 16.7. The largest absolute Gasteiger partial charge is 0.506 e. The number of amides is 1. The van der Waals surface area contributed by atoms with Crippen LogP contribution >= 0.6 is 0 Å². The van der Waals surface area contributed by atoms with Gasteiger partial charge in [0.05, 0.1) is 18.5 Å². The van der Waals surface area contributed by atoms with Gasteiger partial charge >= 0.3 is 5.97 Å². The van der Waals surface area contributed by atoms with E-state index in [1.54, 1.807) is 31.2 Å². The second-order valence-electron chi connectivity index (χ2n) is 6.71. The molecule has 1 aromatic heterocycles. The summed E-state index contributed by atoms with van der Waals surface area (Å²) in [5.74, 6) is -1.85. The fourth-order valence-electron chi connectivity index (χ4n) is 2.71. The Bertz CT molecular complexity index is 932. The van der Waals surface area contributed by atoms with Crippen LogP contribution in [0.4, 0.5) is 0 Å². The molecule has 1 fully saturated rings. The molecule has 2 aromatic rings. The molecule has 1 aromatic carbocycles. The first-order valence-electron chi connectivity index (χ1n) is 8.80. The number of aromatic nitrogens is 1. The molecule has 0 aliphatic heterocycles. The zero-order valence-corrected chi connectivity index (χ0v) is 15.2. The minimum Gasteiger partial charge on any atom is -0.506 e. The third kappa shape index (κ3) is 3.89. The molecule has 0 radical (unpaired) electrons. The number of pyridine rings is 1. The number of fused-ring (bicyclic) bond motifs is 1. The van der Waals surface area contributed by atoms with Gasteiger partial charge in [-0.15, -0.1) is 4.73 Å². The highest BCUT2D eigenvalue weighted by Crippen LogP contribution is 2.29. The first-order valence-corrected chi connectivity index (χ1v) is 8.80. The maximum Gasteiger partial charge on any atom is 0.310 e. The Morgan fingerprint density at radius 2 is 2.04 bits per heavy atom. The molecule has 1 amide bonds. The highest BCUT2D eigenvalue weighted by Gasteiger charge is 2.26. The molecule has 1 atom stereocenters. The van der Waals surface area contributed by atoms with E-state index in [-0.39, 0.29) is 6.54 Å². The first kappa shape index (κ1) is 18.8. The predicted octanol–water partition coefficient (Wildman–Crippen LogP) is 1.08. The minimum atomic E-state index is -0.775. The number of carbonyl (C=O) groups excluding carboxylic acids is 2. The number of carbonyl (C=O) groups is 2. The Morgan fingerprint density at radius 3 is 2.70 bits per heavy atom. The standard InChI is InChI=1S/C19H22N2O6/c1-11(19(25)26-2)9-20-17(23)15-16(22)13-5-3-4-6-14(13)21(18(15)24)27-10-12-7-8-12/h3-6,11-12,22H,7-10H2,1-2H3,(H,20,23)/t11-/m0/s1. The third-order valence-corrected chi connectivity index (χ3v) is 4.55. The maximum atomic E-state index is 12.8. The molecule has 1 aliphatic rings. The topological polar surface area (TPSA) is 107 Å². The zero-order chi connectivity index (χ0) is 19.6. The minimum absolute atomic E-state index is 0.0276. The lowest BCUT2D eigenvalue weighted by molar-refractivity contribution is -0.144. The number of aromatic hydroxyl groups is 1. The molecule has 144 valence electrons. The SMILES string of the molecule is COC(=O)[C@@H](C)CNC(=O)c1c(O)c2ccccc2n(OCC2CC2)c1=O. The van der Waals surface area contributed by atoms with Gasteiger partial charge in [0.1, 0.15) is 17.9 Å². The molecule has 8 heteroatoms. The summed E-state index contributed by atoms with van der Waals surface area (Å²) in [6, 6.07) is 6.66. The van der Waals surface area contributed by atoms with E-state index in [0.717, 1.165) is 17.6 Å². The number of nitrogens with zero attached hydrogens (tertiary/aromatic N) is 1. The van der Waals surface area contributed by atoms with Gasteiger partial charge < -0.3 is 20.0 Å². The molecule has 1 heterocycles. The average Bonchev–Trinajstić information content (AvgIpc) is 3.49. The van der Waals surface area contributed by atoms with Gasteiger partial charge in [0.2, 0.25) is 0 Å². The van der Waals surface area contributed by atoms with E-state index in [0.29, 0.717) is 23.4 Å². The number of hydrogen-bond donors (Lipinski definition) is 2. The first-order chi connectivity index (χ1) is 12.9. The van der Waals surface area contributed by atoms with Crippen LogP contribution in [0.15, 0.2) is 29.1 Å². The van der Waals surface area contributed by atoms with Gasteiger partial charge in [0.25, 0.3) is 11.5 Å². The lowest BCUT2D eigenvalue weighted by Gasteiger charge is -2.16. The van der Waals surface area contributed by atoms with Crippen molar-refractivity contribution in [3.63, 3.8) is 0 Å². The molecule has 1 aliphatic carbocycles. The normalized spacial score (nSPS) is 14.6. The number of hydrogen-bond acceptors (Lipinski definition) is 6. The summed E-state index contributed by atoms with van der Waals surface area (Å²) in [5.41, 5.74) is -0.767. The molecule has 8 nitrogen and oxygen atoms in total. The average molecular weight is 374 g/mol. The number of rotatable bonds is 7. The van der Waals surface area contributed by atoms with Gasteiger partial charge in [0, 0.05) is 11.9 Å². The fourth-order valence-corrected chi connectivity index (χ4v) is 2.71. The van der Waals surface area contributed by atoms with Crippen molar-refractivity contribution in [1.82, 2.24) is 10.0 Å². The van der Waals surface area contributed by atoms with Crippen LogP contribution in [-0.2, 0) is 9.53 Å². The molecule has 0 unspecified atom stereocenters. The number of methoxy groups -OCH3 is 1. The van der Waals surface area contributed by atoms with E-state index in [2.05, 4.69) is 10.1 Å². The Morgan fingerprint density at radius 1 is 1.33 bits per heavy atom. The van der Waals surface area contributed by atoms with Gasteiger partial charge in [0.15, 0.2) is 0 Å². The van der Waals surface area contributed by atoms with Crippen molar-refractivity contribution in [3.8, 4) is 5.75 Å². The van der Waals surface area contributed by atoms with E-state index < -0.39 is 34.7 Å². The van der Waals surface area contributed by atoms with Gasteiger partial charge in [-0.25, -0.2) is 0 Å². The Balaban J connectivity index is 1.95. The van der Waals surface area contributed by atoms with Crippen LogP contribution in [0.3, 0.4) is 0 Å². The van der Waals surface area contributed by atoms with E-state index >= 15 is 0 Å². The number of benzene rings is 1. The van der Waals surface area contributed by atoms with E-state index in [1.165, 1.54) is 7.11 Å². The van der Waals surface area contributed by atoms with Crippen molar-refractivity contribution in [1.29, 1.82) is 0 Å². The van der Waals surface area contributed by atoms with Crippen LogP contribution < -0.4 is 15.7 Å². The van der Waals surface area contributed by atoms with Crippen molar-refractivity contribution in [2.24, 2.45) is 11.8 Å². The smallest absolute Gasteiger partial charge is 0.310 e. The van der Waals surface area contributed by atoms with Crippen LogP contribution in [0.1, 0.15) is 30.1 Å². The second-order valence-corrected chi connectivity index (χ2v) is 6.71. The molecule has 2 N–H and O–H groups in total. The van der Waals surface area contributed by atoms with Crippen molar-refractivity contribution in [3.05, 3.63) is 40.2 Å². The van der Waals surface area contributed by atoms with Gasteiger partial charge in [-0.3, -0.25) is 14.4 Å². The summed E-state index contributed by atoms with van der Waals surface area (Å²) >= 11 is 0. The van der Waals surface area contributed by atoms with Crippen molar-refractivity contribution in [2.45, 2.75) is 19.8 Å². The summed E-state index contributed by atoms with van der Waals surface area (Å²) < 4.78 is 5.67. The summed E-state index contributed by atoms with van der Waals surface area (Å²) in [7, 11) is 1.26. The van der Waals surface area contributed by atoms with E-state index in [9.17, 15) is 19.5 Å². The second kappa shape index (κ2) is 7.69. The molecule has 0 bridgehead atoms. The number of ether oxygens (including phenoxy) is 1. The molecule has 0 saturated heterocycles. The molecule has 1 saturated carbocycles. The Labute approximate surface area is 155 Å². The monoisotopic (exact) mass is 374 g/mol. The summed E-state index contributed by atoms with van der Waals surface area (Å²) in [4.78, 5) is 42.5. The maximum absolute atomic E-state index is 12.8. The van der Waals surface area contributed by atoms with Crippen molar-refractivity contribution in [2.75, 3.05) is 20.3 Å². The summed E-state index contributed by atoms with van der Waals surface area (Å²) in [6.45, 7) is 1.93.